The number of aliphatic hydroxyl groups is 1. The van der Waals surface area contributed by atoms with Gasteiger partial charge in [-0.05, 0) is 36.8 Å². The van der Waals surface area contributed by atoms with Crippen molar-refractivity contribution in [1.29, 1.82) is 0 Å². The van der Waals surface area contributed by atoms with E-state index < -0.39 is 0 Å². The van der Waals surface area contributed by atoms with Crippen LogP contribution < -0.4 is 0 Å². The minimum Gasteiger partial charge on any atom is -0.459 e. The maximum atomic E-state index is 8.93. The van der Waals surface area contributed by atoms with Gasteiger partial charge >= 0.3 is 0 Å². The van der Waals surface area contributed by atoms with Crippen LogP contribution in [0.25, 0.3) is 11.3 Å². The van der Waals surface area contributed by atoms with Crippen molar-refractivity contribution in [2.75, 3.05) is 0 Å². The van der Waals surface area contributed by atoms with Crippen LogP contribution in [-0.2, 0) is 6.61 Å². The van der Waals surface area contributed by atoms with E-state index in [1.165, 1.54) is 0 Å². The lowest BCUT2D eigenvalue weighted by Crippen LogP contribution is -1.82. The molecule has 0 saturated carbocycles. The van der Waals surface area contributed by atoms with Crippen LogP contribution in [0.2, 0.25) is 5.02 Å². The van der Waals surface area contributed by atoms with Gasteiger partial charge in [0, 0.05) is 15.1 Å². The van der Waals surface area contributed by atoms with Crippen molar-refractivity contribution in [2.45, 2.75) is 13.5 Å². The topological polar surface area (TPSA) is 33.4 Å². The quantitative estimate of drug-likeness (QED) is 0.903. The average molecular weight is 302 g/mol. The third-order valence-electron chi connectivity index (χ3n) is 2.33. The predicted molar refractivity (Wildman–Crippen MR) is 67.5 cm³/mol. The van der Waals surface area contributed by atoms with Crippen molar-refractivity contribution in [1.82, 2.24) is 0 Å². The Labute approximate surface area is 107 Å². The van der Waals surface area contributed by atoms with Gasteiger partial charge in [0.2, 0.25) is 0 Å². The fourth-order valence-electron chi connectivity index (χ4n) is 1.44. The van der Waals surface area contributed by atoms with E-state index in [1.807, 2.05) is 25.1 Å². The van der Waals surface area contributed by atoms with Gasteiger partial charge < -0.3 is 9.52 Å². The highest BCUT2D eigenvalue weighted by Crippen LogP contribution is 2.33. The minimum absolute atomic E-state index is 0.1000. The smallest absolute Gasteiger partial charge is 0.135 e. The Hall–Kier alpha value is -0.770. The van der Waals surface area contributed by atoms with Crippen LogP contribution in [0.15, 0.2) is 33.2 Å². The summed E-state index contributed by atoms with van der Waals surface area (Å²) in [5.41, 5.74) is 1.89. The molecule has 0 aliphatic heterocycles. The van der Waals surface area contributed by atoms with Gasteiger partial charge in [-0.2, -0.15) is 0 Å². The zero-order valence-corrected chi connectivity index (χ0v) is 11.0. The standard InChI is InChI=1S/C12H10BrClO2/c1-7-4-10(13)9(5-11(7)14)12-3-2-8(6-15)16-12/h2-5,15H,6H2,1H3. The van der Waals surface area contributed by atoms with Crippen molar-refractivity contribution in [3.8, 4) is 11.3 Å². The Morgan fingerprint density at radius 3 is 2.75 bits per heavy atom. The number of aliphatic hydroxyl groups excluding tert-OH is 1. The summed E-state index contributed by atoms with van der Waals surface area (Å²) in [5.74, 6) is 1.23. The maximum absolute atomic E-state index is 8.93. The lowest BCUT2D eigenvalue weighted by atomic mass is 10.1. The van der Waals surface area contributed by atoms with Crippen LogP contribution >= 0.6 is 27.5 Å². The maximum Gasteiger partial charge on any atom is 0.135 e. The van der Waals surface area contributed by atoms with Crippen LogP contribution in [0.3, 0.4) is 0 Å². The second-order valence-electron chi connectivity index (χ2n) is 3.51. The molecule has 4 heteroatoms. The van der Waals surface area contributed by atoms with Gasteiger partial charge in [-0.15, -0.1) is 0 Å². The molecule has 0 atom stereocenters. The second kappa shape index (κ2) is 4.62. The number of rotatable bonds is 2. The summed E-state index contributed by atoms with van der Waals surface area (Å²) in [4.78, 5) is 0. The molecule has 0 unspecified atom stereocenters. The molecule has 1 N–H and O–H groups in total. The lowest BCUT2D eigenvalue weighted by molar-refractivity contribution is 0.248. The van der Waals surface area contributed by atoms with E-state index in [2.05, 4.69) is 15.9 Å². The molecular weight excluding hydrogens is 291 g/mol. The van der Waals surface area contributed by atoms with Gasteiger partial charge in [-0.1, -0.05) is 27.5 Å². The molecule has 2 rings (SSSR count). The largest absolute Gasteiger partial charge is 0.459 e. The number of halogens is 2. The van der Waals surface area contributed by atoms with Gasteiger partial charge in [0.05, 0.1) is 0 Å². The third kappa shape index (κ3) is 2.17. The average Bonchev–Trinajstić information content (AvgIpc) is 2.71. The van der Waals surface area contributed by atoms with Crippen molar-refractivity contribution >= 4 is 27.5 Å². The molecule has 2 aromatic rings. The first kappa shape index (κ1) is 11.7. The molecule has 0 radical (unpaired) electrons. The highest BCUT2D eigenvalue weighted by molar-refractivity contribution is 9.10. The molecule has 2 nitrogen and oxygen atoms in total. The van der Waals surface area contributed by atoms with Crippen LogP contribution in [0.5, 0.6) is 0 Å². The van der Waals surface area contributed by atoms with Crippen LogP contribution in [0.1, 0.15) is 11.3 Å². The summed E-state index contributed by atoms with van der Waals surface area (Å²) in [7, 11) is 0. The molecule has 1 aromatic heterocycles. The SMILES string of the molecule is Cc1cc(Br)c(-c2ccc(CO)o2)cc1Cl. The molecule has 0 saturated heterocycles. The fraction of sp³-hybridized carbons (Fsp3) is 0.167. The first-order valence-corrected chi connectivity index (χ1v) is 5.94. The van der Waals surface area contributed by atoms with Crippen molar-refractivity contribution in [3.63, 3.8) is 0 Å². The summed E-state index contributed by atoms with van der Waals surface area (Å²) < 4.78 is 6.38. The van der Waals surface area contributed by atoms with Gasteiger partial charge in [-0.25, -0.2) is 0 Å². The van der Waals surface area contributed by atoms with Gasteiger partial charge in [0.1, 0.15) is 18.1 Å². The summed E-state index contributed by atoms with van der Waals surface area (Å²) in [6.45, 7) is 1.84. The van der Waals surface area contributed by atoms with E-state index in [9.17, 15) is 0 Å². The molecule has 0 aliphatic rings. The zero-order valence-electron chi connectivity index (χ0n) is 8.63. The Kier molecular flexibility index (Phi) is 3.38. The van der Waals surface area contributed by atoms with E-state index in [4.69, 9.17) is 21.1 Å². The molecule has 1 heterocycles. The van der Waals surface area contributed by atoms with E-state index >= 15 is 0 Å². The molecule has 0 aliphatic carbocycles. The van der Waals surface area contributed by atoms with Gasteiger partial charge in [-0.3, -0.25) is 0 Å². The highest BCUT2D eigenvalue weighted by Gasteiger charge is 2.10. The number of benzene rings is 1. The van der Waals surface area contributed by atoms with Crippen LogP contribution in [-0.4, -0.2) is 5.11 Å². The molecule has 1 aromatic carbocycles. The second-order valence-corrected chi connectivity index (χ2v) is 4.77. The highest BCUT2D eigenvalue weighted by atomic mass is 79.9. The zero-order chi connectivity index (χ0) is 11.7. The number of hydrogen-bond donors (Lipinski definition) is 1. The number of furan rings is 1. The molecule has 0 bridgehead atoms. The lowest BCUT2D eigenvalue weighted by Gasteiger charge is -2.04. The summed E-state index contributed by atoms with van der Waals surface area (Å²) in [6.07, 6.45) is 0. The third-order valence-corrected chi connectivity index (χ3v) is 3.39. The first-order valence-electron chi connectivity index (χ1n) is 4.77. The van der Waals surface area contributed by atoms with E-state index in [1.54, 1.807) is 6.07 Å². The summed E-state index contributed by atoms with van der Waals surface area (Å²) >= 11 is 9.53. The Bertz CT molecular complexity index is 520. The first-order chi connectivity index (χ1) is 7.61. The molecule has 16 heavy (non-hydrogen) atoms. The molecule has 0 spiro atoms. The molecular formula is C12H10BrClO2. The normalized spacial score (nSPS) is 10.8. The summed E-state index contributed by atoms with van der Waals surface area (Å²) in [6, 6.07) is 7.35. The Morgan fingerprint density at radius 2 is 2.12 bits per heavy atom. The monoisotopic (exact) mass is 300 g/mol. The fourth-order valence-corrected chi connectivity index (χ4v) is 2.26. The van der Waals surface area contributed by atoms with Crippen molar-refractivity contribution < 1.29 is 9.52 Å². The van der Waals surface area contributed by atoms with Crippen molar-refractivity contribution in [2.24, 2.45) is 0 Å². The van der Waals surface area contributed by atoms with Crippen LogP contribution in [0.4, 0.5) is 0 Å². The molecule has 84 valence electrons. The van der Waals surface area contributed by atoms with E-state index in [0.717, 1.165) is 15.6 Å². The van der Waals surface area contributed by atoms with Gasteiger partial charge in [0.25, 0.3) is 0 Å². The number of hydrogen-bond acceptors (Lipinski definition) is 2. The molecule has 0 fully saturated rings. The number of aryl methyl sites for hydroxylation is 1. The van der Waals surface area contributed by atoms with E-state index in [-0.39, 0.29) is 6.61 Å². The Morgan fingerprint density at radius 1 is 1.38 bits per heavy atom. The summed E-state index contributed by atoms with van der Waals surface area (Å²) in [5, 5.41) is 9.63. The van der Waals surface area contributed by atoms with Crippen LogP contribution in [0, 0.1) is 6.92 Å². The van der Waals surface area contributed by atoms with E-state index in [0.29, 0.717) is 16.5 Å². The molecule has 0 amide bonds. The Balaban J connectivity index is 2.51. The van der Waals surface area contributed by atoms with Gasteiger partial charge in [0.15, 0.2) is 0 Å². The minimum atomic E-state index is -0.1000. The predicted octanol–water partition coefficient (Wildman–Crippen LogP) is 4.16. The van der Waals surface area contributed by atoms with Crippen molar-refractivity contribution in [3.05, 3.63) is 45.1 Å².